The van der Waals surface area contributed by atoms with Crippen LogP contribution in [0.1, 0.15) is 12.5 Å². The maximum Gasteiger partial charge on any atom is 0.128 e. The highest BCUT2D eigenvalue weighted by Gasteiger charge is 2.08. The van der Waals surface area contributed by atoms with Crippen molar-refractivity contribution in [3.63, 3.8) is 0 Å². The minimum Gasteiger partial charge on any atom is -0.302 e. The van der Waals surface area contributed by atoms with Crippen LogP contribution in [-0.2, 0) is 6.54 Å². The second kappa shape index (κ2) is 5.10. The van der Waals surface area contributed by atoms with Crippen LogP contribution in [-0.4, -0.2) is 18.5 Å². The molecule has 0 saturated carbocycles. The van der Waals surface area contributed by atoms with Crippen LogP contribution in [0.3, 0.4) is 0 Å². The van der Waals surface area contributed by atoms with Crippen LogP contribution < -0.4 is 0 Å². The molecule has 0 unspecified atom stereocenters. The maximum atomic E-state index is 13.4. The normalized spacial score (nSPS) is 11.0. The summed E-state index contributed by atoms with van der Waals surface area (Å²) in [5, 5.41) is 0.547. The zero-order valence-electron chi connectivity index (χ0n) is 8.15. The van der Waals surface area contributed by atoms with Crippen LogP contribution >= 0.6 is 27.5 Å². The van der Waals surface area contributed by atoms with E-state index < -0.39 is 0 Å². The third-order valence-corrected chi connectivity index (χ3v) is 3.27. The average Bonchev–Trinajstić information content (AvgIpc) is 2.14. The summed E-state index contributed by atoms with van der Waals surface area (Å²) in [6.07, 6.45) is 0. The Hall–Kier alpha value is -0.120. The van der Waals surface area contributed by atoms with E-state index in [4.69, 9.17) is 11.6 Å². The predicted octanol–water partition coefficient (Wildman–Crippen LogP) is 3.69. The lowest BCUT2D eigenvalue weighted by Crippen LogP contribution is -2.17. The van der Waals surface area contributed by atoms with Gasteiger partial charge in [0.15, 0.2) is 0 Å². The Bertz CT molecular complexity index is 330. The molecule has 0 N–H and O–H groups in total. The van der Waals surface area contributed by atoms with E-state index in [9.17, 15) is 4.39 Å². The summed E-state index contributed by atoms with van der Waals surface area (Å²) in [7, 11) is 1.94. The summed E-state index contributed by atoms with van der Waals surface area (Å²) in [4.78, 5) is 2.02. The summed E-state index contributed by atoms with van der Waals surface area (Å²) in [5.41, 5.74) is 0.627. The Balaban J connectivity index is 2.92. The van der Waals surface area contributed by atoms with E-state index >= 15 is 0 Å². The van der Waals surface area contributed by atoms with Gasteiger partial charge in [-0.15, -0.1) is 0 Å². The van der Waals surface area contributed by atoms with E-state index in [1.54, 1.807) is 6.07 Å². The smallest absolute Gasteiger partial charge is 0.128 e. The summed E-state index contributed by atoms with van der Waals surface area (Å²) in [6, 6.07) is 3.06. The molecule has 1 rings (SSSR count). The first-order valence-electron chi connectivity index (χ1n) is 4.36. The Morgan fingerprint density at radius 1 is 1.50 bits per heavy atom. The van der Waals surface area contributed by atoms with Gasteiger partial charge in [-0.05, 0) is 41.7 Å². The number of benzene rings is 1. The molecule has 0 spiro atoms. The Kier molecular flexibility index (Phi) is 4.35. The number of halogens is 3. The van der Waals surface area contributed by atoms with Gasteiger partial charge in [-0.2, -0.15) is 0 Å². The first-order chi connectivity index (χ1) is 6.54. The Labute approximate surface area is 97.0 Å². The molecule has 0 aliphatic rings. The molecule has 1 aromatic rings. The van der Waals surface area contributed by atoms with E-state index in [0.29, 0.717) is 21.6 Å². The molecule has 0 aromatic heterocycles. The molecule has 0 fully saturated rings. The lowest BCUT2D eigenvalue weighted by molar-refractivity contribution is 0.339. The molecule has 0 aliphatic carbocycles. The minimum absolute atomic E-state index is 0.221. The zero-order chi connectivity index (χ0) is 10.7. The van der Waals surface area contributed by atoms with Gasteiger partial charge in [0.2, 0.25) is 0 Å². The van der Waals surface area contributed by atoms with Gasteiger partial charge < -0.3 is 4.90 Å². The van der Waals surface area contributed by atoms with Crippen molar-refractivity contribution in [1.82, 2.24) is 4.90 Å². The summed E-state index contributed by atoms with van der Waals surface area (Å²) >= 11 is 9.06. The topological polar surface area (TPSA) is 3.24 Å². The van der Waals surface area contributed by atoms with Gasteiger partial charge in [0.1, 0.15) is 5.82 Å². The molecule has 78 valence electrons. The van der Waals surface area contributed by atoms with E-state index in [0.717, 1.165) is 6.54 Å². The molecule has 0 saturated heterocycles. The van der Waals surface area contributed by atoms with Crippen molar-refractivity contribution in [1.29, 1.82) is 0 Å². The van der Waals surface area contributed by atoms with Crippen LogP contribution in [0, 0.1) is 5.82 Å². The van der Waals surface area contributed by atoms with Crippen LogP contribution in [0.5, 0.6) is 0 Å². The van der Waals surface area contributed by atoms with Crippen LogP contribution in [0.2, 0.25) is 5.02 Å². The molecule has 0 heterocycles. The minimum atomic E-state index is -0.221. The molecule has 0 bridgehead atoms. The van der Waals surface area contributed by atoms with Crippen molar-refractivity contribution in [2.75, 3.05) is 13.6 Å². The monoisotopic (exact) mass is 279 g/mol. The quantitative estimate of drug-likeness (QED) is 0.763. The fraction of sp³-hybridized carbons (Fsp3) is 0.400. The average molecular weight is 281 g/mol. The third-order valence-electron chi connectivity index (χ3n) is 2.07. The first-order valence-corrected chi connectivity index (χ1v) is 5.53. The fourth-order valence-electron chi connectivity index (χ4n) is 1.09. The predicted molar refractivity (Wildman–Crippen MR) is 61.1 cm³/mol. The van der Waals surface area contributed by atoms with Gasteiger partial charge in [-0.25, -0.2) is 4.39 Å². The molecule has 0 aliphatic heterocycles. The summed E-state index contributed by atoms with van der Waals surface area (Å²) in [6.45, 7) is 3.49. The van der Waals surface area contributed by atoms with E-state index in [1.165, 1.54) is 6.07 Å². The van der Waals surface area contributed by atoms with Crippen molar-refractivity contribution < 1.29 is 4.39 Å². The fourth-order valence-corrected chi connectivity index (χ4v) is 1.59. The third kappa shape index (κ3) is 2.94. The Morgan fingerprint density at radius 2 is 2.14 bits per heavy atom. The SMILES string of the molecule is CCN(C)Cc1cc(Cl)c(Br)cc1F. The van der Waals surface area contributed by atoms with Crippen molar-refractivity contribution in [2.24, 2.45) is 0 Å². The number of hydrogen-bond donors (Lipinski definition) is 0. The van der Waals surface area contributed by atoms with Crippen molar-refractivity contribution in [3.8, 4) is 0 Å². The number of rotatable bonds is 3. The van der Waals surface area contributed by atoms with Crippen molar-refractivity contribution in [2.45, 2.75) is 13.5 Å². The molecule has 14 heavy (non-hydrogen) atoms. The summed E-state index contributed by atoms with van der Waals surface area (Å²) in [5.74, 6) is -0.221. The molecule has 0 amide bonds. The van der Waals surface area contributed by atoms with Gasteiger partial charge in [0.05, 0.1) is 5.02 Å². The molecule has 1 aromatic carbocycles. The molecule has 1 nitrogen and oxygen atoms in total. The second-order valence-electron chi connectivity index (χ2n) is 3.19. The Morgan fingerprint density at radius 3 is 2.71 bits per heavy atom. The van der Waals surface area contributed by atoms with Gasteiger partial charge in [0.25, 0.3) is 0 Å². The van der Waals surface area contributed by atoms with E-state index in [-0.39, 0.29) is 5.82 Å². The maximum absolute atomic E-state index is 13.4. The molecule has 4 heteroatoms. The van der Waals surface area contributed by atoms with Crippen LogP contribution in [0.4, 0.5) is 4.39 Å². The van der Waals surface area contributed by atoms with Gasteiger partial charge in [0, 0.05) is 16.6 Å². The lowest BCUT2D eigenvalue weighted by Gasteiger charge is -2.14. The highest BCUT2D eigenvalue weighted by molar-refractivity contribution is 9.10. The molecule has 0 atom stereocenters. The standard InChI is InChI=1S/C10H12BrClFN/c1-3-14(2)6-7-4-9(12)8(11)5-10(7)13/h4-5H,3,6H2,1-2H3. The van der Waals surface area contributed by atoms with Crippen LogP contribution in [0.15, 0.2) is 16.6 Å². The van der Waals surface area contributed by atoms with Crippen LogP contribution in [0.25, 0.3) is 0 Å². The van der Waals surface area contributed by atoms with Crippen molar-refractivity contribution in [3.05, 3.63) is 33.0 Å². The van der Waals surface area contributed by atoms with E-state index in [1.807, 2.05) is 18.9 Å². The second-order valence-corrected chi connectivity index (χ2v) is 4.45. The molecular formula is C10H12BrClFN. The highest BCUT2D eigenvalue weighted by Crippen LogP contribution is 2.26. The number of nitrogens with zero attached hydrogens (tertiary/aromatic N) is 1. The lowest BCUT2D eigenvalue weighted by atomic mass is 10.2. The summed E-state index contributed by atoms with van der Waals surface area (Å²) < 4.78 is 14.0. The van der Waals surface area contributed by atoms with Crippen molar-refractivity contribution >= 4 is 27.5 Å². The zero-order valence-corrected chi connectivity index (χ0v) is 10.5. The van der Waals surface area contributed by atoms with Gasteiger partial charge in [-0.1, -0.05) is 18.5 Å². The largest absolute Gasteiger partial charge is 0.302 e. The molecular weight excluding hydrogens is 268 g/mol. The van der Waals surface area contributed by atoms with Gasteiger partial charge in [-0.3, -0.25) is 0 Å². The van der Waals surface area contributed by atoms with E-state index in [2.05, 4.69) is 15.9 Å². The number of hydrogen-bond acceptors (Lipinski definition) is 1. The molecule has 0 radical (unpaired) electrons. The van der Waals surface area contributed by atoms with Gasteiger partial charge >= 0.3 is 0 Å². The first kappa shape index (κ1) is 12.0. The highest BCUT2D eigenvalue weighted by atomic mass is 79.9.